The molecule has 2 aromatic rings. The second-order valence-electron chi connectivity index (χ2n) is 6.84. The maximum Gasteiger partial charge on any atom is 0.414 e. The van der Waals surface area contributed by atoms with E-state index in [0.29, 0.717) is 18.1 Å². The number of hydrogen-bond acceptors (Lipinski definition) is 9. The third-order valence-electron chi connectivity index (χ3n) is 3.79. The molecular formula is C20H25NO8S4. The molecule has 0 aromatic heterocycles. The Balaban J connectivity index is 0.000000801. The van der Waals surface area contributed by atoms with Crippen LogP contribution in [-0.2, 0) is 27.3 Å². The fraction of sp³-hybridized carbons (Fsp3) is 0.300. The van der Waals surface area contributed by atoms with Crippen LogP contribution in [0.3, 0.4) is 0 Å². The van der Waals surface area contributed by atoms with Crippen molar-refractivity contribution in [1.29, 1.82) is 0 Å². The van der Waals surface area contributed by atoms with Crippen LogP contribution < -0.4 is 0 Å². The summed E-state index contributed by atoms with van der Waals surface area (Å²) in [5.74, 6) is -3.09. The van der Waals surface area contributed by atoms with Crippen molar-refractivity contribution in [3.63, 3.8) is 0 Å². The molecule has 0 heterocycles. The quantitative estimate of drug-likeness (QED) is 0.342. The SMILES string of the molecule is CN(C)CC(CSS(=O)(=O)c1ccccc1)CSS(=O)(=O)c1ccccc1.O=C(O)C(=O)O. The van der Waals surface area contributed by atoms with E-state index in [9.17, 15) is 16.8 Å². The Labute approximate surface area is 200 Å². The van der Waals surface area contributed by atoms with Crippen molar-refractivity contribution in [2.45, 2.75) is 9.79 Å². The Kier molecular flexibility index (Phi) is 11.9. The molecule has 0 unspecified atom stereocenters. The van der Waals surface area contributed by atoms with Crippen molar-refractivity contribution in [3.8, 4) is 0 Å². The molecule has 2 aromatic carbocycles. The number of benzene rings is 2. The van der Waals surface area contributed by atoms with Gasteiger partial charge in [0, 0.05) is 18.1 Å². The Hall–Kier alpha value is -2.06. The van der Waals surface area contributed by atoms with Gasteiger partial charge in [-0.15, -0.1) is 0 Å². The zero-order valence-electron chi connectivity index (χ0n) is 17.9. The average molecular weight is 536 g/mol. The number of hydrogen-bond donors (Lipinski definition) is 2. The first-order chi connectivity index (χ1) is 15.3. The summed E-state index contributed by atoms with van der Waals surface area (Å²) in [7, 11) is -1.41. The van der Waals surface area contributed by atoms with Gasteiger partial charge < -0.3 is 15.1 Å². The first kappa shape index (κ1) is 29.0. The topological polar surface area (TPSA) is 146 Å². The molecule has 0 saturated heterocycles. The largest absolute Gasteiger partial charge is 0.473 e. The van der Waals surface area contributed by atoms with Crippen LogP contribution in [0.4, 0.5) is 0 Å². The highest BCUT2D eigenvalue weighted by Gasteiger charge is 2.22. The van der Waals surface area contributed by atoms with E-state index >= 15 is 0 Å². The molecular weight excluding hydrogens is 510 g/mol. The van der Waals surface area contributed by atoms with Gasteiger partial charge in [0.25, 0.3) is 0 Å². The van der Waals surface area contributed by atoms with E-state index in [4.69, 9.17) is 19.8 Å². The number of rotatable bonds is 10. The Morgan fingerprint density at radius 1 is 0.758 bits per heavy atom. The van der Waals surface area contributed by atoms with Crippen LogP contribution in [0, 0.1) is 5.92 Å². The van der Waals surface area contributed by atoms with Crippen molar-refractivity contribution < 1.29 is 36.6 Å². The number of carboxylic acids is 2. The van der Waals surface area contributed by atoms with Crippen molar-refractivity contribution in [3.05, 3.63) is 60.7 Å². The first-order valence-corrected chi connectivity index (χ1v) is 15.3. The van der Waals surface area contributed by atoms with Gasteiger partial charge in [0.1, 0.15) is 0 Å². The fourth-order valence-electron chi connectivity index (χ4n) is 2.35. The summed E-state index contributed by atoms with van der Waals surface area (Å²) >= 11 is 0. The number of nitrogens with zero attached hydrogens (tertiary/aromatic N) is 1. The van der Waals surface area contributed by atoms with E-state index in [1.807, 2.05) is 19.0 Å². The molecule has 9 nitrogen and oxygen atoms in total. The molecule has 0 spiro atoms. The minimum Gasteiger partial charge on any atom is -0.473 e. The molecule has 0 atom stereocenters. The predicted molar refractivity (Wildman–Crippen MR) is 129 cm³/mol. The van der Waals surface area contributed by atoms with Gasteiger partial charge in [-0.3, -0.25) is 0 Å². The number of carbonyl (C=O) groups is 2. The molecule has 2 rings (SSSR count). The molecule has 182 valence electrons. The second-order valence-corrected chi connectivity index (χ2v) is 14.8. The standard InChI is InChI=1S/C18H23NO4S4.C2H2O4/c1-19(2)13-16(14-24-26(20,21)17-9-5-3-6-10-17)15-25-27(22,23)18-11-7-4-8-12-18;3-1(4)2(5)6/h3-12,16H,13-15H2,1-2H3;(H,3,4)(H,5,6). The molecule has 0 fully saturated rings. The molecule has 0 amide bonds. The summed E-state index contributed by atoms with van der Waals surface area (Å²) in [4.78, 5) is 20.7. The molecule has 0 saturated carbocycles. The van der Waals surface area contributed by atoms with Crippen molar-refractivity contribution in [2.75, 3.05) is 32.1 Å². The van der Waals surface area contributed by atoms with Gasteiger partial charge >= 0.3 is 11.9 Å². The van der Waals surface area contributed by atoms with E-state index in [0.717, 1.165) is 21.6 Å². The summed E-state index contributed by atoms with van der Waals surface area (Å²) in [6.45, 7) is 0.606. The minimum atomic E-state index is -3.46. The molecule has 33 heavy (non-hydrogen) atoms. The van der Waals surface area contributed by atoms with E-state index in [1.54, 1.807) is 60.7 Å². The normalized spacial score (nSPS) is 11.6. The Bertz CT molecular complexity index is 1020. The van der Waals surface area contributed by atoms with E-state index in [2.05, 4.69) is 0 Å². The molecule has 0 bridgehead atoms. The van der Waals surface area contributed by atoms with E-state index in [-0.39, 0.29) is 15.7 Å². The van der Waals surface area contributed by atoms with Crippen molar-refractivity contribution in [2.24, 2.45) is 5.92 Å². The molecule has 0 aliphatic rings. The van der Waals surface area contributed by atoms with Gasteiger partial charge in [0.05, 0.1) is 9.79 Å². The fourth-order valence-corrected chi connectivity index (χ4v) is 8.66. The van der Waals surface area contributed by atoms with Gasteiger partial charge in [-0.2, -0.15) is 0 Å². The zero-order valence-corrected chi connectivity index (χ0v) is 21.2. The molecule has 0 aliphatic heterocycles. The third-order valence-corrected chi connectivity index (χ3v) is 11.2. The molecule has 13 heteroatoms. The average Bonchev–Trinajstić information content (AvgIpc) is 2.77. The van der Waals surface area contributed by atoms with Gasteiger partial charge in [-0.25, -0.2) is 26.4 Å². The maximum atomic E-state index is 12.5. The zero-order chi connectivity index (χ0) is 25.1. The highest BCUT2D eigenvalue weighted by molar-refractivity contribution is 8.72. The number of aliphatic carboxylic acids is 2. The van der Waals surface area contributed by atoms with E-state index in [1.165, 1.54) is 0 Å². The summed E-state index contributed by atoms with van der Waals surface area (Å²) in [6.07, 6.45) is 0. The molecule has 2 N–H and O–H groups in total. The van der Waals surface area contributed by atoms with Crippen LogP contribution >= 0.6 is 21.6 Å². The molecule has 0 aliphatic carbocycles. The first-order valence-electron chi connectivity index (χ1n) is 9.35. The van der Waals surface area contributed by atoms with Gasteiger partial charge in [0.15, 0.2) is 0 Å². The lowest BCUT2D eigenvalue weighted by Crippen LogP contribution is -2.26. The smallest absolute Gasteiger partial charge is 0.414 e. The lowest BCUT2D eigenvalue weighted by atomic mass is 10.2. The van der Waals surface area contributed by atoms with Crippen molar-refractivity contribution >= 4 is 51.3 Å². The molecule has 0 radical (unpaired) electrons. The lowest BCUT2D eigenvalue weighted by Gasteiger charge is -2.20. The highest BCUT2D eigenvalue weighted by Crippen LogP contribution is 2.29. The summed E-state index contributed by atoms with van der Waals surface area (Å²) in [6, 6.07) is 16.6. The van der Waals surface area contributed by atoms with Crippen LogP contribution in [0.15, 0.2) is 70.5 Å². The van der Waals surface area contributed by atoms with Crippen LogP contribution in [0.2, 0.25) is 0 Å². The predicted octanol–water partition coefficient (Wildman–Crippen LogP) is 2.56. The van der Waals surface area contributed by atoms with Gasteiger partial charge in [-0.05, 0) is 65.9 Å². The lowest BCUT2D eigenvalue weighted by molar-refractivity contribution is -0.159. The van der Waals surface area contributed by atoms with Gasteiger partial charge in [0.2, 0.25) is 17.7 Å². The monoisotopic (exact) mass is 535 g/mol. The Morgan fingerprint density at radius 3 is 1.36 bits per heavy atom. The Morgan fingerprint density at radius 2 is 1.09 bits per heavy atom. The summed E-state index contributed by atoms with van der Waals surface area (Å²) in [5.41, 5.74) is 0. The number of carboxylic acid groups (broad SMARTS) is 2. The van der Waals surface area contributed by atoms with Crippen LogP contribution in [-0.4, -0.2) is 76.0 Å². The van der Waals surface area contributed by atoms with E-state index < -0.39 is 29.7 Å². The second kappa shape index (κ2) is 13.6. The van der Waals surface area contributed by atoms with Crippen LogP contribution in [0.25, 0.3) is 0 Å². The summed E-state index contributed by atoms with van der Waals surface area (Å²) in [5, 5.41) is 14.8. The third kappa shape index (κ3) is 11.1. The minimum absolute atomic E-state index is 0.0908. The maximum absolute atomic E-state index is 12.5. The van der Waals surface area contributed by atoms with Crippen LogP contribution in [0.1, 0.15) is 0 Å². The highest BCUT2D eigenvalue weighted by atomic mass is 33.1. The summed E-state index contributed by atoms with van der Waals surface area (Å²) < 4.78 is 49.9. The van der Waals surface area contributed by atoms with Crippen LogP contribution in [0.5, 0.6) is 0 Å². The van der Waals surface area contributed by atoms with Crippen molar-refractivity contribution in [1.82, 2.24) is 4.90 Å². The van der Waals surface area contributed by atoms with Gasteiger partial charge in [-0.1, -0.05) is 36.4 Å².